The van der Waals surface area contributed by atoms with Crippen LogP contribution in [0.1, 0.15) is 13.8 Å². The molecule has 1 fully saturated rings. The first-order chi connectivity index (χ1) is 8.74. The lowest BCUT2D eigenvalue weighted by molar-refractivity contribution is 0.312. The Labute approximate surface area is 110 Å². The number of anilines is 2. The van der Waals surface area contributed by atoms with Gasteiger partial charge in [-0.1, -0.05) is 0 Å². The second-order valence-corrected chi connectivity index (χ2v) is 5.09. The molecule has 7 nitrogen and oxygen atoms in total. The second kappa shape index (κ2) is 6.05. The summed E-state index contributed by atoms with van der Waals surface area (Å²) >= 11 is 1.94. The van der Waals surface area contributed by atoms with Gasteiger partial charge in [-0.05, 0) is 13.8 Å². The molecule has 0 amide bonds. The van der Waals surface area contributed by atoms with Crippen molar-refractivity contribution in [3.63, 3.8) is 0 Å². The summed E-state index contributed by atoms with van der Waals surface area (Å²) < 4.78 is 5.33. The van der Waals surface area contributed by atoms with E-state index in [1.54, 1.807) is 0 Å². The highest BCUT2D eigenvalue weighted by molar-refractivity contribution is 7.99. The number of hydrogen-bond acceptors (Lipinski definition) is 8. The largest absolute Gasteiger partial charge is 0.464 e. The molecule has 1 aliphatic rings. The topological polar surface area (TPSA) is 89.2 Å². The van der Waals surface area contributed by atoms with Gasteiger partial charge in [-0.15, -0.1) is 0 Å². The molecule has 0 aromatic carbocycles. The van der Waals surface area contributed by atoms with Crippen molar-refractivity contribution in [2.75, 3.05) is 35.0 Å². The van der Waals surface area contributed by atoms with Crippen LogP contribution < -0.4 is 20.9 Å². The maximum absolute atomic E-state index is 5.37. The summed E-state index contributed by atoms with van der Waals surface area (Å²) in [6.07, 6.45) is 0. The maximum Gasteiger partial charge on any atom is 0.323 e. The van der Waals surface area contributed by atoms with E-state index in [-0.39, 0.29) is 0 Å². The van der Waals surface area contributed by atoms with Crippen molar-refractivity contribution < 1.29 is 4.74 Å². The molecule has 1 saturated heterocycles. The van der Waals surface area contributed by atoms with Gasteiger partial charge in [0, 0.05) is 24.1 Å². The van der Waals surface area contributed by atoms with Gasteiger partial charge < -0.3 is 9.64 Å². The zero-order valence-electron chi connectivity index (χ0n) is 10.6. The Balaban J connectivity index is 2.27. The molecule has 1 atom stereocenters. The minimum absolute atomic E-state index is 0.306. The molecule has 0 aliphatic carbocycles. The molecule has 2 rings (SSSR count). The number of nitrogens with one attached hydrogen (secondary N) is 1. The van der Waals surface area contributed by atoms with Crippen molar-refractivity contribution in [1.82, 2.24) is 15.0 Å². The van der Waals surface area contributed by atoms with Crippen molar-refractivity contribution in [3.8, 4) is 6.01 Å². The Bertz CT molecular complexity index is 404. The molecule has 1 aromatic heterocycles. The molecular formula is C10H18N6OS. The average Bonchev–Trinajstić information content (AvgIpc) is 2.39. The van der Waals surface area contributed by atoms with Gasteiger partial charge in [0.15, 0.2) is 0 Å². The van der Waals surface area contributed by atoms with E-state index in [1.807, 2.05) is 18.7 Å². The first kappa shape index (κ1) is 13.2. The summed E-state index contributed by atoms with van der Waals surface area (Å²) in [6.45, 7) is 5.48. The molecule has 8 heteroatoms. The molecule has 0 radical (unpaired) electrons. The van der Waals surface area contributed by atoms with Crippen LogP contribution in [0, 0.1) is 0 Å². The van der Waals surface area contributed by atoms with Gasteiger partial charge >= 0.3 is 6.01 Å². The van der Waals surface area contributed by atoms with Crippen LogP contribution >= 0.6 is 11.8 Å². The van der Waals surface area contributed by atoms with E-state index >= 15 is 0 Å². The number of nitrogen functional groups attached to an aromatic ring is 1. The van der Waals surface area contributed by atoms with E-state index in [0.717, 1.165) is 18.1 Å². The fourth-order valence-corrected chi connectivity index (χ4v) is 2.77. The fraction of sp³-hybridized carbons (Fsp3) is 0.700. The number of aromatic nitrogens is 3. The molecule has 100 valence electrons. The van der Waals surface area contributed by atoms with Gasteiger partial charge in [-0.3, -0.25) is 5.43 Å². The van der Waals surface area contributed by atoms with E-state index < -0.39 is 0 Å². The summed E-state index contributed by atoms with van der Waals surface area (Å²) in [4.78, 5) is 14.8. The number of hydrogen-bond donors (Lipinski definition) is 2. The van der Waals surface area contributed by atoms with Crippen LogP contribution in [-0.4, -0.2) is 45.7 Å². The van der Waals surface area contributed by atoms with Gasteiger partial charge in [0.2, 0.25) is 11.9 Å². The van der Waals surface area contributed by atoms with E-state index in [1.165, 1.54) is 0 Å². The maximum atomic E-state index is 5.37. The third kappa shape index (κ3) is 2.94. The predicted molar refractivity (Wildman–Crippen MR) is 72.9 cm³/mol. The fourth-order valence-electron chi connectivity index (χ4n) is 1.76. The summed E-state index contributed by atoms with van der Waals surface area (Å²) in [5.74, 6) is 8.46. The van der Waals surface area contributed by atoms with Crippen molar-refractivity contribution in [1.29, 1.82) is 0 Å². The highest BCUT2D eigenvalue weighted by Crippen LogP contribution is 2.22. The first-order valence-corrected chi connectivity index (χ1v) is 7.10. The number of hydrazine groups is 1. The Morgan fingerprint density at radius 3 is 3.00 bits per heavy atom. The molecule has 0 saturated carbocycles. The van der Waals surface area contributed by atoms with E-state index in [0.29, 0.717) is 30.6 Å². The van der Waals surface area contributed by atoms with Crippen LogP contribution in [0.25, 0.3) is 0 Å². The number of nitrogens with two attached hydrogens (primary N) is 1. The van der Waals surface area contributed by atoms with Gasteiger partial charge in [-0.25, -0.2) is 5.84 Å². The summed E-state index contributed by atoms with van der Waals surface area (Å²) in [5.41, 5.74) is 2.45. The van der Waals surface area contributed by atoms with Gasteiger partial charge in [-0.2, -0.15) is 26.7 Å². The predicted octanol–water partition coefficient (Wildman–Crippen LogP) is 0.498. The van der Waals surface area contributed by atoms with Crippen LogP contribution in [0.5, 0.6) is 6.01 Å². The highest BCUT2D eigenvalue weighted by Gasteiger charge is 2.22. The van der Waals surface area contributed by atoms with Crippen LogP contribution in [0.15, 0.2) is 0 Å². The van der Waals surface area contributed by atoms with Gasteiger partial charge in [0.1, 0.15) is 0 Å². The Kier molecular flexibility index (Phi) is 4.43. The number of thioether (sulfide) groups is 1. The smallest absolute Gasteiger partial charge is 0.323 e. The van der Waals surface area contributed by atoms with Crippen molar-refractivity contribution >= 4 is 23.7 Å². The monoisotopic (exact) mass is 270 g/mol. The van der Waals surface area contributed by atoms with Crippen molar-refractivity contribution in [2.45, 2.75) is 19.9 Å². The van der Waals surface area contributed by atoms with Crippen LogP contribution in [0.3, 0.4) is 0 Å². The second-order valence-electron chi connectivity index (χ2n) is 3.94. The minimum Gasteiger partial charge on any atom is -0.464 e. The lowest BCUT2D eigenvalue weighted by atomic mass is 10.3. The zero-order valence-corrected chi connectivity index (χ0v) is 11.4. The molecule has 0 spiro atoms. The van der Waals surface area contributed by atoms with Gasteiger partial charge in [0.05, 0.1) is 6.61 Å². The zero-order chi connectivity index (χ0) is 13.0. The van der Waals surface area contributed by atoms with E-state index in [2.05, 4.69) is 32.2 Å². The van der Waals surface area contributed by atoms with Crippen LogP contribution in [0.2, 0.25) is 0 Å². The molecule has 2 heterocycles. The summed E-state index contributed by atoms with van der Waals surface area (Å²) in [5, 5.41) is 0. The van der Waals surface area contributed by atoms with E-state index in [9.17, 15) is 0 Å². The number of ether oxygens (including phenoxy) is 1. The quantitative estimate of drug-likeness (QED) is 0.604. The van der Waals surface area contributed by atoms with E-state index in [4.69, 9.17) is 10.6 Å². The third-order valence-corrected chi connectivity index (χ3v) is 3.82. The lowest BCUT2D eigenvalue weighted by Gasteiger charge is -2.33. The number of rotatable bonds is 4. The molecule has 1 aromatic rings. The van der Waals surface area contributed by atoms with Gasteiger partial charge in [0.25, 0.3) is 0 Å². The first-order valence-electron chi connectivity index (χ1n) is 5.94. The molecular weight excluding hydrogens is 252 g/mol. The van der Waals surface area contributed by atoms with Crippen molar-refractivity contribution in [3.05, 3.63) is 0 Å². The highest BCUT2D eigenvalue weighted by atomic mass is 32.2. The Hall–Kier alpha value is -1.28. The molecule has 1 aliphatic heterocycles. The third-order valence-electron chi connectivity index (χ3n) is 2.63. The van der Waals surface area contributed by atoms with Crippen LogP contribution in [0.4, 0.5) is 11.9 Å². The Morgan fingerprint density at radius 1 is 1.50 bits per heavy atom. The molecule has 18 heavy (non-hydrogen) atoms. The molecule has 1 unspecified atom stereocenters. The standard InChI is InChI=1S/C10H18N6OS/c1-3-17-10-13-8(15-11)12-9(14-10)16-4-5-18-6-7(16)2/h7H,3-6,11H2,1-2H3,(H,12,13,14,15). The average molecular weight is 270 g/mol. The normalized spacial score (nSPS) is 19.7. The molecule has 0 bridgehead atoms. The molecule has 3 N–H and O–H groups in total. The summed E-state index contributed by atoms with van der Waals surface area (Å²) in [7, 11) is 0. The minimum atomic E-state index is 0.306. The van der Waals surface area contributed by atoms with Crippen LogP contribution in [-0.2, 0) is 0 Å². The summed E-state index contributed by atoms with van der Waals surface area (Å²) in [6, 6.07) is 0.701. The SMILES string of the molecule is CCOc1nc(NN)nc(N2CCSCC2C)n1. The Morgan fingerprint density at radius 2 is 2.33 bits per heavy atom. The van der Waals surface area contributed by atoms with Crippen molar-refractivity contribution in [2.24, 2.45) is 5.84 Å². The lowest BCUT2D eigenvalue weighted by Crippen LogP contribution is -2.41. The number of nitrogens with zero attached hydrogens (tertiary/aromatic N) is 4.